The predicted octanol–water partition coefficient (Wildman–Crippen LogP) is 1.17. The number of nitrogens with zero attached hydrogens (tertiary/aromatic N) is 2. The number of hydrogen-bond acceptors (Lipinski definition) is 3. The van der Waals surface area contributed by atoms with Crippen molar-refractivity contribution in [2.75, 3.05) is 33.7 Å². The summed E-state index contributed by atoms with van der Waals surface area (Å²) in [4.78, 5) is 16.4. The van der Waals surface area contributed by atoms with Crippen molar-refractivity contribution in [2.45, 2.75) is 45.7 Å². The molecule has 4 heteroatoms. The second-order valence-corrected chi connectivity index (χ2v) is 6.03. The van der Waals surface area contributed by atoms with Crippen LogP contribution in [0.2, 0.25) is 0 Å². The highest BCUT2D eigenvalue weighted by Gasteiger charge is 2.26. The first-order valence-electron chi connectivity index (χ1n) is 7.11. The summed E-state index contributed by atoms with van der Waals surface area (Å²) in [6.45, 7) is 9.24. The molecule has 2 atom stereocenters. The van der Waals surface area contributed by atoms with Crippen molar-refractivity contribution in [2.24, 2.45) is 5.92 Å². The maximum atomic E-state index is 12.2. The molecule has 18 heavy (non-hydrogen) atoms. The van der Waals surface area contributed by atoms with Gasteiger partial charge in [-0.3, -0.25) is 4.79 Å². The van der Waals surface area contributed by atoms with Crippen molar-refractivity contribution in [3.05, 3.63) is 0 Å². The number of likely N-dealkylation sites (N-methyl/N-ethyl adjacent to an activating group) is 1. The van der Waals surface area contributed by atoms with Crippen LogP contribution >= 0.6 is 0 Å². The zero-order valence-corrected chi connectivity index (χ0v) is 12.6. The molecule has 0 saturated carbocycles. The number of amides is 1. The standard InChI is InChI=1S/C14H29N3O/c1-11(2)13(10-16(4)5)15-12(3)14(18)17-8-6-7-9-17/h11-13,15H,6-10H2,1-5H3. The quantitative estimate of drug-likeness (QED) is 0.774. The fraction of sp³-hybridized carbons (Fsp3) is 0.929. The molecule has 0 spiro atoms. The minimum absolute atomic E-state index is 0.0737. The molecule has 1 amide bonds. The van der Waals surface area contributed by atoms with E-state index in [-0.39, 0.29) is 11.9 Å². The summed E-state index contributed by atoms with van der Waals surface area (Å²) < 4.78 is 0. The molecule has 0 aromatic heterocycles. The van der Waals surface area contributed by atoms with E-state index in [0.29, 0.717) is 12.0 Å². The van der Waals surface area contributed by atoms with Crippen LogP contribution in [0.4, 0.5) is 0 Å². The number of rotatable bonds is 6. The van der Waals surface area contributed by atoms with Gasteiger partial charge in [-0.05, 0) is 39.8 Å². The fourth-order valence-electron chi connectivity index (χ4n) is 2.45. The summed E-state index contributed by atoms with van der Waals surface area (Å²) in [7, 11) is 4.15. The van der Waals surface area contributed by atoms with E-state index in [0.717, 1.165) is 32.5 Å². The van der Waals surface area contributed by atoms with Gasteiger partial charge in [0.15, 0.2) is 0 Å². The summed E-state index contributed by atoms with van der Waals surface area (Å²) in [5, 5.41) is 3.49. The first kappa shape index (κ1) is 15.4. The van der Waals surface area contributed by atoms with Crippen LogP contribution < -0.4 is 5.32 Å². The third-order valence-electron chi connectivity index (χ3n) is 3.62. The molecule has 1 N–H and O–H groups in total. The summed E-state index contributed by atoms with van der Waals surface area (Å²) in [6.07, 6.45) is 2.31. The number of carbonyl (C=O) groups is 1. The zero-order chi connectivity index (χ0) is 13.7. The number of carbonyl (C=O) groups excluding carboxylic acids is 1. The Hall–Kier alpha value is -0.610. The SMILES string of the molecule is CC(NC(CN(C)C)C(C)C)C(=O)N1CCCC1. The average Bonchev–Trinajstić information content (AvgIpc) is 2.79. The van der Waals surface area contributed by atoms with Crippen molar-refractivity contribution < 1.29 is 4.79 Å². The van der Waals surface area contributed by atoms with Gasteiger partial charge in [-0.25, -0.2) is 0 Å². The number of hydrogen-bond donors (Lipinski definition) is 1. The summed E-state index contributed by atoms with van der Waals surface area (Å²) in [5.74, 6) is 0.790. The third-order valence-corrected chi connectivity index (χ3v) is 3.62. The van der Waals surface area contributed by atoms with Crippen molar-refractivity contribution in [1.29, 1.82) is 0 Å². The van der Waals surface area contributed by atoms with Gasteiger partial charge in [0.2, 0.25) is 5.91 Å². The van der Waals surface area contributed by atoms with Crippen LogP contribution in [0.15, 0.2) is 0 Å². The molecule has 0 aromatic carbocycles. The molecular formula is C14H29N3O. The minimum atomic E-state index is -0.0737. The largest absolute Gasteiger partial charge is 0.341 e. The van der Waals surface area contributed by atoms with E-state index in [4.69, 9.17) is 0 Å². The Morgan fingerprint density at radius 1 is 1.22 bits per heavy atom. The van der Waals surface area contributed by atoms with Gasteiger partial charge < -0.3 is 15.1 Å². The van der Waals surface area contributed by atoms with Gasteiger partial charge >= 0.3 is 0 Å². The molecule has 0 bridgehead atoms. The monoisotopic (exact) mass is 255 g/mol. The summed E-state index contributed by atoms with van der Waals surface area (Å²) in [6, 6.07) is 0.289. The molecule has 0 aliphatic carbocycles. The highest BCUT2D eigenvalue weighted by molar-refractivity contribution is 5.81. The zero-order valence-electron chi connectivity index (χ0n) is 12.6. The Morgan fingerprint density at radius 3 is 2.22 bits per heavy atom. The second-order valence-electron chi connectivity index (χ2n) is 6.03. The van der Waals surface area contributed by atoms with E-state index in [1.54, 1.807) is 0 Å². The van der Waals surface area contributed by atoms with Gasteiger partial charge in [-0.2, -0.15) is 0 Å². The van der Waals surface area contributed by atoms with Crippen molar-refractivity contribution in [1.82, 2.24) is 15.1 Å². The highest BCUT2D eigenvalue weighted by atomic mass is 16.2. The molecule has 1 aliphatic heterocycles. The van der Waals surface area contributed by atoms with E-state index in [1.807, 2.05) is 11.8 Å². The smallest absolute Gasteiger partial charge is 0.239 e. The van der Waals surface area contributed by atoms with Gasteiger partial charge in [0.05, 0.1) is 6.04 Å². The van der Waals surface area contributed by atoms with Crippen molar-refractivity contribution in [3.8, 4) is 0 Å². The van der Waals surface area contributed by atoms with Gasteiger partial charge in [0.1, 0.15) is 0 Å². The molecule has 0 aromatic rings. The molecule has 0 radical (unpaired) electrons. The molecule has 1 rings (SSSR count). The first-order valence-corrected chi connectivity index (χ1v) is 7.11. The van der Waals surface area contributed by atoms with Crippen LogP contribution in [0, 0.1) is 5.92 Å². The van der Waals surface area contributed by atoms with E-state index in [9.17, 15) is 4.79 Å². The molecule has 4 nitrogen and oxygen atoms in total. The lowest BCUT2D eigenvalue weighted by molar-refractivity contribution is -0.132. The predicted molar refractivity (Wildman–Crippen MR) is 75.6 cm³/mol. The van der Waals surface area contributed by atoms with Gasteiger partial charge in [-0.15, -0.1) is 0 Å². The van der Waals surface area contributed by atoms with Gasteiger partial charge in [0, 0.05) is 25.7 Å². The lowest BCUT2D eigenvalue weighted by Gasteiger charge is -2.30. The minimum Gasteiger partial charge on any atom is -0.341 e. The lowest BCUT2D eigenvalue weighted by Crippen LogP contribution is -2.52. The Morgan fingerprint density at radius 2 is 1.78 bits per heavy atom. The van der Waals surface area contributed by atoms with Gasteiger partial charge in [-0.1, -0.05) is 13.8 Å². The van der Waals surface area contributed by atoms with Crippen LogP contribution in [-0.2, 0) is 4.79 Å². The van der Waals surface area contributed by atoms with Crippen LogP contribution in [-0.4, -0.2) is 61.5 Å². The molecule has 106 valence electrons. The molecular weight excluding hydrogens is 226 g/mol. The highest BCUT2D eigenvalue weighted by Crippen LogP contribution is 2.10. The van der Waals surface area contributed by atoms with Crippen LogP contribution in [0.5, 0.6) is 0 Å². The maximum absolute atomic E-state index is 12.2. The topological polar surface area (TPSA) is 35.6 Å². The summed E-state index contributed by atoms with van der Waals surface area (Å²) >= 11 is 0. The van der Waals surface area contributed by atoms with Crippen LogP contribution in [0.25, 0.3) is 0 Å². The Balaban J connectivity index is 2.48. The Kier molecular flexibility index (Phi) is 6.09. The van der Waals surface area contributed by atoms with Crippen LogP contribution in [0.1, 0.15) is 33.6 Å². The van der Waals surface area contributed by atoms with E-state index >= 15 is 0 Å². The third kappa shape index (κ3) is 4.58. The summed E-state index contributed by atoms with van der Waals surface area (Å²) in [5.41, 5.74) is 0. The number of likely N-dealkylation sites (tertiary alicyclic amines) is 1. The Labute approximate surface area is 112 Å². The molecule has 1 saturated heterocycles. The molecule has 2 unspecified atom stereocenters. The molecule has 1 aliphatic rings. The maximum Gasteiger partial charge on any atom is 0.239 e. The van der Waals surface area contributed by atoms with E-state index < -0.39 is 0 Å². The van der Waals surface area contributed by atoms with Crippen LogP contribution in [0.3, 0.4) is 0 Å². The van der Waals surface area contributed by atoms with Crippen molar-refractivity contribution >= 4 is 5.91 Å². The van der Waals surface area contributed by atoms with Crippen molar-refractivity contribution in [3.63, 3.8) is 0 Å². The molecule has 1 heterocycles. The number of nitrogens with one attached hydrogen (secondary N) is 1. The first-order chi connectivity index (χ1) is 8.41. The Bertz CT molecular complexity index is 260. The van der Waals surface area contributed by atoms with E-state index in [1.165, 1.54) is 0 Å². The van der Waals surface area contributed by atoms with Gasteiger partial charge in [0.25, 0.3) is 0 Å². The normalized spacial score (nSPS) is 19.6. The average molecular weight is 255 g/mol. The fourth-order valence-corrected chi connectivity index (χ4v) is 2.45. The van der Waals surface area contributed by atoms with E-state index in [2.05, 4.69) is 38.2 Å². The lowest BCUT2D eigenvalue weighted by atomic mass is 10.0. The second kappa shape index (κ2) is 7.10. The molecule has 1 fully saturated rings.